The van der Waals surface area contributed by atoms with Gasteiger partial charge in [0.25, 0.3) is 0 Å². The summed E-state index contributed by atoms with van der Waals surface area (Å²) in [5.41, 5.74) is 0.997. The minimum absolute atomic E-state index is 0.0233. The number of nitrogens with zero attached hydrogens (tertiary/aromatic N) is 2. The van der Waals surface area contributed by atoms with E-state index in [2.05, 4.69) is 10.2 Å². The molecule has 0 bridgehead atoms. The Morgan fingerprint density at radius 2 is 1.90 bits per heavy atom. The average Bonchev–Trinajstić information content (AvgIpc) is 2.52. The van der Waals surface area contributed by atoms with Gasteiger partial charge in [0, 0.05) is 52.1 Å². The molecule has 1 aromatic carbocycles. The molecular weight excluding hydrogens is 273 g/mol. The summed E-state index contributed by atoms with van der Waals surface area (Å²) in [6, 6.07) is 6.45. The Hall–Kier alpha value is -1.82. The quantitative estimate of drug-likeness (QED) is 0.841. The molecule has 0 unspecified atom stereocenters. The molecule has 1 heterocycles. The Morgan fingerprint density at radius 3 is 2.52 bits per heavy atom. The first-order valence-electron chi connectivity index (χ1n) is 7.23. The van der Waals surface area contributed by atoms with Gasteiger partial charge in [-0.15, -0.1) is 0 Å². The van der Waals surface area contributed by atoms with Crippen molar-refractivity contribution in [1.82, 2.24) is 10.2 Å². The van der Waals surface area contributed by atoms with E-state index in [9.17, 15) is 9.18 Å². The number of ether oxygens (including phenoxy) is 1. The van der Waals surface area contributed by atoms with Crippen LogP contribution in [0.4, 0.5) is 14.9 Å². The molecule has 1 aromatic rings. The molecule has 0 atom stereocenters. The van der Waals surface area contributed by atoms with E-state index in [0.29, 0.717) is 26.2 Å². The van der Waals surface area contributed by atoms with Gasteiger partial charge in [-0.25, -0.2) is 9.18 Å². The van der Waals surface area contributed by atoms with Gasteiger partial charge in [-0.3, -0.25) is 0 Å². The predicted molar refractivity (Wildman–Crippen MR) is 80.1 cm³/mol. The summed E-state index contributed by atoms with van der Waals surface area (Å²) >= 11 is 0. The van der Waals surface area contributed by atoms with Crippen LogP contribution in [0.2, 0.25) is 0 Å². The van der Waals surface area contributed by atoms with Crippen molar-refractivity contribution in [1.29, 1.82) is 0 Å². The summed E-state index contributed by atoms with van der Waals surface area (Å²) in [4.78, 5) is 15.9. The third kappa shape index (κ3) is 4.60. The van der Waals surface area contributed by atoms with Crippen LogP contribution in [0, 0.1) is 5.82 Å². The standard InChI is InChI=1S/C15H22FN3O2/c1-21-12-2-7-17-15(20)19-10-8-18(9-11-19)14-5-3-13(16)4-6-14/h3-6H,2,7-12H2,1H3,(H,17,20). The molecule has 2 amide bonds. The number of halogens is 1. The van der Waals surface area contributed by atoms with Gasteiger partial charge in [-0.2, -0.15) is 0 Å². The minimum Gasteiger partial charge on any atom is -0.385 e. The van der Waals surface area contributed by atoms with Crippen molar-refractivity contribution in [3.05, 3.63) is 30.1 Å². The van der Waals surface area contributed by atoms with Crippen molar-refractivity contribution < 1.29 is 13.9 Å². The number of methoxy groups -OCH3 is 1. The Balaban J connectivity index is 1.75. The van der Waals surface area contributed by atoms with Crippen LogP contribution in [0.25, 0.3) is 0 Å². The van der Waals surface area contributed by atoms with E-state index in [1.54, 1.807) is 19.2 Å². The van der Waals surface area contributed by atoms with Gasteiger partial charge >= 0.3 is 6.03 Å². The molecule has 1 N–H and O–H groups in total. The van der Waals surface area contributed by atoms with E-state index in [1.807, 2.05) is 4.90 Å². The predicted octanol–water partition coefficient (Wildman–Crippen LogP) is 1.69. The lowest BCUT2D eigenvalue weighted by Crippen LogP contribution is -2.52. The second kappa shape index (κ2) is 7.83. The zero-order valence-electron chi connectivity index (χ0n) is 12.3. The lowest BCUT2D eigenvalue weighted by Gasteiger charge is -2.36. The van der Waals surface area contributed by atoms with Crippen LogP contribution in [0.5, 0.6) is 0 Å². The first-order chi connectivity index (χ1) is 10.2. The molecule has 2 rings (SSSR count). The Morgan fingerprint density at radius 1 is 1.24 bits per heavy atom. The van der Waals surface area contributed by atoms with Crippen LogP contribution < -0.4 is 10.2 Å². The first kappa shape index (κ1) is 15.6. The number of amides is 2. The van der Waals surface area contributed by atoms with Crippen molar-refractivity contribution in [2.45, 2.75) is 6.42 Å². The van der Waals surface area contributed by atoms with Gasteiger partial charge in [-0.05, 0) is 30.7 Å². The highest BCUT2D eigenvalue weighted by Gasteiger charge is 2.20. The van der Waals surface area contributed by atoms with Crippen LogP contribution >= 0.6 is 0 Å². The zero-order chi connectivity index (χ0) is 15.1. The van der Waals surface area contributed by atoms with Crippen LogP contribution in [0.3, 0.4) is 0 Å². The largest absolute Gasteiger partial charge is 0.385 e. The van der Waals surface area contributed by atoms with Crippen molar-refractivity contribution in [2.24, 2.45) is 0 Å². The van der Waals surface area contributed by atoms with E-state index in [1.165, 1.54) is 12.1 Å². The number of rotatable bonds is 5. The Bertz CT molecular complexity index is 445. The van der Waals surface area contributed by atoms with Gasteiger partial charge in [0.05, 0.1) is 0 Å². The van der Waals surface area contributed by atoms with Gasteiger partial charge in [0.15, 0.2) is 0 Å². The van der Waals surface area contributed by atoms with E-state index < -0.39 is 0 Å². The summed E-state index contributed by atoms with van der Waals surface area (Å²) in [6.07, 6.45) is 0.817. The van der Waals surface area contributed by atoms with E-state index in [-0.39, 0.29) is 11.8 Å². The first-order valence-corrected chi connectivity index (χ1v) is 7.23. The van der Waals surface area contributed by atoms with Gasteiger partial charge in [-0.1, -0.05) is 0 Å². The number of urea groups is 1. The van der Waals surface area contributed by atoms with Crippen molar-refractivity contribution in [2.75, 3.05) is 51.3 Å². The number of benzene rings is 1. The molecule has 1 aliphatic rings. The molecule has 116 valence electrons. The molecule has 0 saturated carbocycles. The maximum absolute atomic E-state index is 12.9. The summed E-state index contributed by atoms with van der Waals surface area (Å²) in [5.74, 6) is -0.229. The molecule has 1 aliphatic heterocycles. The van der Waals surface area contributed by atoms with E-state index >= 15 is 0 Å². The summed E-state index contributed by atoms with van der Waals surface area (Å²) in [6.45, 7) is 4.15. The van der Waals surface area contributed by atoms with Crippen LogP contribution in [0.1, 0.15) is 6.42 Å². The molecule has 0 radical (unpaired) electrons. The zero-order valence-corrected chi connectivity index (χ0v) is 12.3. The molecule has 1 fully saturated rings. The highest BCUT2D eigenvalue weighted by atomic mass is 19.1. The van der Waals surface area contributed by atoms with Crippen LogP contribution in [-0.4, -0.2) is 57.4 Å². The van der Waals surface area contributed by atoms with Gasteiger partial charge in [0.1, 0.15) is 5.82 Å². The number of anilines is 1. The normalized spacial score (nSPS) is 15.1. The number of nitrogens with one attached hydrogen (secondary N) is 1. The topological polar surface area (TPSA) is 44.8 Å². The third-order valence-electron chi connectivity index (χ3n) is 3.56. The Labute approximate surface area is 124 Å². The number of piperazine rings is 1. The average molecular weight is 295 g/mol. The fourth-order valence-corrected chi connectivity index (χ4v) is 2.34. The van der Waals surface area contributed by atoms with E-state index in [0.717, 1.165) is 25.2 Å². The van der Waals surface area contributed by atoms with Crippen molar-refractivity contribution in [3.63, 3.8) is 0 Å². The number of hydrogen-bond donors (Lipinski definition) is 1. The highest BCUT2D eigenvalue weighted by molar-refractivity contribution is 5.74. The maximum atomic E-state index is 12.9. The fraction of sp³-hybridized carbons (Fsp3) is 0.533. The highest BCUT2D eigenvalue weighted by Crippen LogP contribution is 2.16. The van der Waals surface area contributed by atoms with Crippen LogP contribution in [-0.2, 0) is 4.74 Å². The molecule has 21 heavy (non-hydrogen) atoms. The van der Waals surface area contributed by atoms with Gasteiger partial charge in [0.2, 0.25) is 0 Å². The summed E-state index contributed by atoms with van der Waals surface area (Å²) in [5, 5.41) is 2.89. The maximum Gasteiger partial charge on any atom is 0.317 e. The monoisotopic (exact) mass is 295 g/mol. The number of carbonyl (C=O) groups excluding carboxylic acids is 1. The fourth-order valence-electron chi connectivity index (χ4n) is 2.34. The SMILES string of the molecule is COCCCNC(=O)N1CCN(c2ccc(F)cc2)CC1. The molecule has 6 heteroatoms. The Kier molecular flexibility index (Phi) is 5.80. The second-order valence-corrected chi connectivity index (χ2v) is 5.03. The third-order valence-corrected chi connectivity index (χ3v) is 3.56. The minimum atomic E-state index is -0.229. The van der Waals surface area contributed by atoms with Crippen molar-refractivity contribution >= 4 is 11.7 Å². The van der Waals surface area contributed by atoms with Crippen molar-refractivity contribution in [3.8, 4) is 0 Å². The summed E-state index contributed by atoms with van der Waals surface area (Å²) < 4.78 is 17.8. The lowest BCUT2D eigenvalue weighted by atomic mass is 10.2. The molecule has 0 spiro atoms. The smallest absolute Gasteiger partial charge is 0.317 e. The lowest BCUT2D eigenvalue weighted by molar-refractivity contribution is 0.183. The summed E-state index contributed by atoms with van der Waals surface area (Å²) in [7, 11) is 1.65. The molecule has 0 aliphatic carbocycles. The molecule has 1 saturated heterocycles. The molecule has 5 nitrogen and oxygen atoms in total. The molecular formula is C15H22FN3O2. The number of hydrogen-bond acceptors (Lipinski definition) is 3. The molecule has 0 aromatic heterocycles. The van der Waals surface area contributed by atoms with E-state index in [4.69, 9.17) is 4.74 Å². The number of carbonyl (C=O) groups is 1. The second-order valence-electron chi connectivity index (χ2n) is 5.03. The van der Waals surface area contributed by atoms with Gasteiger partial charge < -0.3 is 19.9 Å². The van der Waals surface area contributed by atoms with Crippen LogP contribution in [0.15, 0.2) is 24.3 Å².